The first-order chi connectivity index (χ1) is 15.1. The van der Waals surface area contributed by atoms with E-state index in [0.717, 1.165) is 21.9 Å². The number of hydrogen-bond donors (Lipinski definition) is 1. The molecule has 3 rings (SSSR count). The fourth-order valence-corrected chi connectivity index (χ4v) is 5.48. The van der Waals surface area contributed by atoms with Crippen molar-refractivity contribution in [3.8, 4) is 0 Å². The van der Waals surface area contributed by atoms with E-state index in [1.54, 1.807) is 43.8 Å². The van der Waals surface area contributed by atoms with Gasteiger partial charge in [-0.05, 0) is 61.4 Å². The van der Waals surface area contributed by atoms with E-state index in [0.29, 0.717) is 22.0 Å². The van der Waals surface area contributed by atoms with Gasteiger partial charge in [-0.1, -0.05) is 48.0 Å². The lowest BCUT2D eigenvalue weighted by Gasteiger charge is -2.29. The van der Waals surface area contributed by atoms with Crippen molar-refractivity contribution in [3.63, 3.8) is 0 Å². The highest BCUT2D eigenvalue weighted by atomic mass is 35.5. The predicted octanol–water partition coefficient (Wildman–Crippen LogP) is 5.73. The van der Waals surface area contributed by atoms with Crippen molar-refractivity contribution in [2.75, 3.05) is 15.9 Å². The van der Waals surface area contributed by atoms with Gasteiger partial charge in [-0.15, -0.1) is 11.8 Å². The number of nitrogens with one attached hydrogen (secondary N) is 1. The Labute approximate surface area is 198 Å². The summed E-state index contributed by atoms with van der Waals surface area (Å²) in [4.78, 5) is 14.1. The van der Waals surface area contributed by atoms with Crippen molar-refractivity contribution < 1.29 is 13.2 Å². The number of benzene rings is 3. The molecule has 1 amide bonds. The molecule has 1 atom stereocenters. The third-order valence-corrected chi connectivity index (χ3v) is 7.41. The molecule has 0 spiro atoms. The lowest BCUT2D eigenvalue weighted by Crippen LogP contribution is -2.45. The third-order valence-electron chi connectivity index (χ3n) is 4.87. The summed E-state index contributed by atoms with van der Waals surface area (Å²) in [5.74, 6) is 0.381. The largest absolute Gasteiger partial charge is 0.324 e. The fourth-order valence-electron chi connectivity index (χ4n) is 3.22. The highest BCUT2D eigenvalue weighted by Gasteiger charge is 2.30. The van der Waals surface area contributed by atoms with Crippen LogP contribution in [0.25, 0.3) is 0 Å². The molecule has 8 heteroatoms. The number of carbonyl (C=O) groups excluding carboxylic acids is 1. The zero-order valence-corrected chi connectivity index (χ0v) is 20.5. The van der Waals surface area contributed by atoms with Gasteiger partial charge in [-0.3, -0.25) is 9.10 Å². The topological polar surface area (TPSA) is 66.5 Å². The molecule has 3 aromatic rings. The van der Waals surface area contributed by atoms with Crippen LogP contribution >= 0.6 is 23.4 Å². The number of carbonyl (C=O) groups is 1. The molecular formula is C24H25ClN2O3S2. The molecule has 5 nitrogen and oxygen atoms in total. The van der Waals surface area contributed by atoms with Crippen LogP contribution in [-0.2, 0) is 20.6 Å². The Morgan fingerprint density at radius 1 is 1.06 bits per heavy atom. The molecule has 0 fully saturated rings. The highest BCUT2D eigenvalue weighted by Crippen LogP contribution is 2.29. The molecule has 1 N–H and O–H groups in total. The Morgan fingerprint density at radius 2 is 1.72 bits per heavy atom. The lowest BCUT2D eigenvalue weighted by atomic mass is 10.1. The molecule has 0 unspecified atom stereocenters. The summed E-state index contributed by atoms with van der Waals surface area (Å²) in [6.07, 6.45) is 1.08. The van der Waals surface area contributed by atoms with Crippen LogP contribution in [0.1, 0.15) is 18.1 Å². The van der Waals surface area contributed by atoms with Gasteiger partial charge in [0.25, 0.3) is 0 Å². The second-order valence-electron chi connectivity index (χ2n) is 7.45. The van der Waals surface area contributed by atoms with Crippen molar-refractivity contribution in [2.24, 2.45) is 0 Å². The van der Waals surface area contributed by atoms with E-state index in [1.807, 2.05) is 42.5 Å². The highest BCUT2D eigenvalue weighted by molar-refractivity contribution is 7.98. The van der Waals surface area contributed by atoms with E-state index in [1.165, 1.54) is 4.90 Å². The average Bonchev–Trinajstić information content (AvgIpc) is 2.75. The molecule has 0 saturated carbocycles. The Kier molecular flexibility index (Phi) is 7.87. The van der Waals surface area contributed by atoms with Crippen LogP contribution in [0.5, 0.6) is 0 Å². The summed E-state index contributed by atoms with van der Waals surface area (Å²) >= 11 is 7.81. The fraction of sp³-hybridized carbons (Fsp3) is 0.208. The van der Waals surface area contributed by atoms with Crippen LogP contribution in [-0.4, -0.2) is 26.6 Å². The quantitative estimate of drug-likeness (QED) is 0.411. The normalized spacial score (nSPS) is 12.2. The summed E-state index contributed by atoms with van der Waals surface area (Å²) in [7, 11) is -3.72. The summed E-state index contributed by atoms with van der Waals surface area (Å²) in [6, 6.07) is 21.7. The minimum Gasteiger partial charge on any atom is -0.324 e. The average molecular weight is 489 g/mol. The SMILES string of the molecule is Cc1ccc(Cl)cc1N([C@@H](C)C(=O)Nc1ccc(CSc2ccccc2)cc1)S(C)(=O)=O. The number of anilines is 2. The number of hydrogen-bond acceptors (Lipinski definition) is 4. The third kappa shape index (κ3) is 6.28. The predicted molar refractivity (Wildman–Crippen MR) is 134 cm³/mol. The van der Waals surface area contributed by atoms with Gasteiger partial charge in [0.05, 0.1) is 11.9 Å². The zero-order chi connectivity index (χ0) is 23.3. The first-order valence-electron chi connectivity index (χ1n) is 9.98. The molecule has 32 heavy (non-hydrogen) atoms. The second kappa shape index (κ2) is 10.4. The zero-order valence-electron chi connectivity index (χ0n) is 18.1. The molecule has 0 aliphatic carbocycles. The van der Waals surface area contributed by atoms with Crippen molar-refractivity contribution in [2.45, 2.75) is 30.5 Å². The van der Waals surface area contributed by atoms with Crippen molar-refractivity contribution in [1.29, 1.82) is 0 Å². The first kappa shape index (κ1) is 24.2. The number of aryl methyl sites for hydroxylation is 1. The molecule has 0 aromatic heterocycles. The van der Waals surface area contributed by atoms with Crippen molar-refractivity contribution in [3.05, 3.63) is 88.9 Å². The standard InChI is InChI=1S/C24H25ClN2O3S2/c1-17-9-12-20(25)15-23(17)27(32(3,29)30)18(2)24(28)26-21-13-10-19(11-14-21)16-31-22-7-5-4-6-8-22/h4-15,18H,16H2,1-3H3,(H,26,28)/t18-/m0/s1. The van der Waals surface area contributed by atoms with Crippen molar-refractivity contribution in [1.82, 2.24) is 0 Å². The number of rotatable bonds is 8. The minimum atomic E-state index is -3.72. The van der Waals surface area contributed by atoms with Crippen molar-refractivity contribution >= 4 is 50.7 Å². The molecular weight excluding hydrogens is 464 g/mol. The van der Waals surface area contributed by atoms with Crippen LogP contribution in [0, 0.1) is 6.92 Å². The maximum atomic E-state index is 12.9. The van der Waals surface area contributed by atoms with Gasteiger partial charge in [-0.25, -0.2) is 8.42 Å². The molecule has 0 radical (unpaired) electrons. The minimum absolute atomic E-state index is 0.385. The molecule has 0 bridgehead atoms. The van der Waals surface area contributed by atoms with Crippen LogP contribution in [0.2, 0.25) is 5.02 Å². The van der Waals surface area contributed by atoms with Gasteiger partial charge < -0.3 is 5.32 Å². The molecule has 168 valence electrons. The number of sulfonamides is 1. The van der Waals surface area contributed by atoms with E-state index < -0.39 is 22.0 Å². The Bertz CT molecular complexity index is 1180. The lowest BCUT2D eigenvalue weighted by molar-refractivity contribution is -0.116. The summed E-state index contributed by atoms with van der Waals surface area (Å²) in [6.45, 7) is 3.34. The summed E-state index contributed by atoms with van der Waals surface area (Å²) in [5.41, 5.74) is 2.82. The van der Waals surface area contributed by atoms with Crippen LogP contribution in [0.4, 0.5) is 11.4 Å². The summed E-state index contributed by atoms with van der Waals surface area (Å²) in [5, 5.41) is 3.21. The van der Waals surface area contributed by atoms with Crippen LogP contribution in [0.15, 0.2) is 77.7 Å². The van der Waals surface area contributed by atoms with Crippen LogP contribution < -0.4 is 9.62 Å². The second-order valence-corrected chi connectivity index (χ2v) is 10.8. The first-order valence-corrected chi connectivity index (χ1v) is 13.2. The number of thioether (sulfide) groups is 1. The van der Waals surface area contributed by atoms with Gasteiger partial charge in [-0.2, -0.15) is 0 Å². The Hall–Kier alpha value is -2.48. The monoisotopic (exact) mass is 488 g/mol. The van der Waals surface area contributed by atoms with Gasteiger partial charge in [0.2, 0.25) is 15.9 Å². The van der Waals surface area contributed by atoms with E-state index in [9.17, 15) is 13.2 Å². The smallest absolute Gasteiger partial charge is 0.247 e. The molecule has 0 saturated heterocycles. The number of halogens is 1. The van der Waals surface area contributed by atoms with Gasteiger partial charge in [0, 0.05) is 21.4 Å². The van der Waals surface area contributed by atoms with E-state index in [4.69, 9.17) is 11.6 Å². The number of amides is 1. The molecule has 3 aromatic carbocycles. The van der Waals surface area contributed by atoms with Gasteiger partial charge >= 0.3 is 0 Å². The number of nitrogens with zero attached hydrogens (tertiary/aromatic N) is 1. The van der Waals surface area contributed by atoms with E-state index >= 15 is 0 Å². The summed E-state index contributed by atoms with van der Waals surface area (Å²) < 4.78 is 26.2. The van der Waals surface area contributed by atoms with Gasteiger partial charge in [0.1, 0.15) is 6.04 Å². The molecule has 0 heterocycles. The van der Waals surface area contributed by atoms with Gasteiger partial charge in [0.15, 0.2) is 0 Å². The maximum Gasteiger partial charge on any atom is 0.247 e. The molecule has 0 aliphatic heterocycles. The Morgan fingerprint density at radius 3 is 2.34 bits per heavy atom. The van der Waals surface area contributed by atoms with Crippen LogP contribution in [0.3, 0.4) is 0 Å². The van der Waals surface area contributed by atoms with E-state index in [2.05, 4.69) is 17.4 Å². The maximum absolute atomic E-state index is 12.9. The Balaban J connectivity index is 1.71. The van der Waals surface area contributed by atoms with E-state index in [-0.39, 0.29) is 0 Å². The molecule has 0 aliphatic rings.